The van der Waals surface area contributed by atoms with Crippen LogP contribution in [0.2, 0.25) is 8.87 Å². The molecule has 2 radical (unpaired) electrons. The van der Waals surface area contributed by atoms with E-state index >= 15 is 0 Å². The number of hydrogen-bond donors (Lipinski definition) is 2. The van der Waals surface area contributed by atoms with Gasteiger partial charge in [0.15, 0.2) is 0 Å². The average Bonchev–Trinajstić information content (AvgIpc) is 3.22. The van der Waals surface area contributed by atoms with Crippen molar-refractivity contribution in [2.24, 2.45) is 0 Å². The first kappa shape index (κ1) is 63.0. The van der Waals surface area contributed by atoms with Gasteiger partial charge in [0.25, 0.3) is 0 Å². The van der Waals surface area contributed by atoms with E-state index in [0.29, 0.717) is 13.1 Å². The SMILES string of the molecule is CCCCCCCCCCCCCCCCCCN(C)CCC(=O)O.CCCCCCCCCCCCCCCCCCN(C)CCC(=O)O.CCC[CH2][Sn][CH2]CCC. The molecule has 59 heavy (non-hydrogen) atoms. The minimum atomic E-state index is -0.696. The van der Waals surface area contributed by atoms with E-state index in [1.165, 1.54) is 231 Å². The van der Waals surface area contributed by atoms with Gasteiger partial charge in [-0.2, -0.15) is 0 Å². The Balaban J connectivity index is -0.000000880. The summed E-state index contributed by atoms with van der Waals surface area (Å²) in [5, 5.41) is 17.3. The Morgan fingerprint density at radius 1 is 0.322 bits per heavy atom. The molecule has 0 fully saturated rings. The average molecular weight is 944 g/mol. The zero-order chi connectivity index (χ0) is 44.1. The number of hydrogen-bond acceptors (Lipinski definition) is 4. The molecule has 0 rings (SSSR count). The summed E-state index contributed by atoms with van der Waals surface area (Å²) in [6.07, 6.45) is 51.0. The molecule has 0 bridgehead atoms. The van der Waals surface area contributed by atoms with Gasteiger partial charge in [-0.05, 0) is 40.0 Å². The van der Waals surface area contributed by atoms with E-state index < -0.39 is 11.9 Å². The third-order valence-corrected chi connectivity index (χ3v) is 15.7. The van der Waals surface area contributed by atoms with Crippen LogP contribution in [0, 0.1) is 0 Å². The molecular weight excluding hydrogens is 835 g/mol. The summed E-state index contributed by atoms with van der Waals surface area (Å²) in [4.78, 5) is 25.3. The van der Waals surface area contributed by atoms with Crippen LogP contribution in [0.4, 0.5) is 0 Å². The summed E-state index contributed by atoms with van der Waals surface area (Å²) in [6, 6.07) is 0. The monoisotopic (exact) mass is 945 g/mol. The predicted molar refractivity (Wildman–Crippen MR) is 264 cm³/mol. The van der Waals surface area contributed by atoms with Gasteiger partial charge in [-0.3, -0.25) is 9.59 Å². The van der Waals surface area contributed by atoms with Gasteiger partial charge in [-0.15, -0.1) is 0 Å². The van der Waals surface area contributed by atoms with Crippen molar-refractivity contribution in [2.75, 3.05) is 40.3 Å². The summed E-state index contributed by atoms with van der Waals surface area (Å²) in [5.41, 5.74) is 0. The first-order valence-corrected chi connectivity index (χ1v) is 30.3. The summed E-state index contributed by atoms with van der Waals surface area (Å²) in [6.45, 7) is 12.6. The van der Waals surface area contributed by atoms with Gasteiger partial charge in [0.05, 0.1) is 12.8 Å². The molecule has 0 amide bonds. The standard InChI is InChI=1S/2C22H45NO2.2C4H9.Sn/c2*1-3-4-5-6-7-8-9-10-11-12-13-14-15-16-17-18-20-23(2)21-19-22(24)25;2*1-3-4-2;/h2*3-21H2,1-2H3,(H,24,25);2*1,3-4H2,2H3;. The molecule has 0 heterocycles. The second-order valence-corrected chi connectivity index (χ2v) is 22.2. The molecule has 0 atom stereocenters. The Kier molecular flexibility index (Phi) is 61.5. The number of nitrogens with zero attached hydrogens (tertiary/aromatic N) is 2. The molecule has 0 spiro atoms. The van der Waals surface area contributed by atoms with Crippen molar-refractivity contribution in [2.45, 2.75) is 281 Å². The first-order valence-electron chi connectivity index (χ1n) is 26.3. The van der Waals surface area contributed by atoms with Crippen LogP contribution in [0.25, 0.3) is 0 Å². The van der Waals surface area contributed by atoms with Crippen molar-refractivity contribution < 1.29 is 19.8 Å². The maximum absolute atomic E-state index is 10.5. The fourth-order valence-corrected chi connectivity index (χ4v) is 11.5. The van der Waals surface area contributed by atoms with Crippen molar-refractivity contribution in [3.63, 3.8) is 0 Å². The summed E-state index contributed by atoms with van der Waals surface area (Å²) >= 11 is 0.149. The first-order chi connectivity index (χ1) is 28.7. The topological polar surface area (TPSA) is 81.1 Å². The van der Waals surface area contributed by atoms with Gasteiger partial charge in [0, 0.05) is 13.1 Å². The van der Waals surface area contributed by atoms with Crippen molar-refractivity contribution in [1.29, 1.82) is 0 Å². The van der Waals surface area contributed by atoms with Gasteiger partial charge in [0.2, 0.25) is 0 Å². The van der Waals surface area contributed by atoms with E-state index in [4.69, 9.17) is 10.2 Å². The van der Waals surface area contributed by atoms with Crippen LogP contribution >= 0.6 is 0 Å². The van der Waals surface area contributed by atoms with E-state index in [0.717, 1.165) is 13.1 Å². The second-order valence-electron chi connectivity index (χ2n) is 18.0. The van der Waals surface area contributed by atoms with Crippen LogP contribution in [0.1, 0.15) is 272 Å². The molecule has 2 N–H and O–H groups in total. The quantitative estimate of drug-likeness (QED) is 0.0467. The Morgan fingerprint density at radius 2 is 0.525 bits per heavy atom. The zero-order valence-electron chi connectivity index (χ0n) is 41.2. The molecule has 0 aromatic heterocycles. The number of rotatable bonds is 46. The number of unbranched alkanes of at least 4 members (excludes halogenated alkanes) is 32. The normalized spacial score (nSPS) is 11.1. The second kappa shape index (κ2) is 57.7. The van der Waals surface area contributed by atoms with Crippen molar-refractivity contribution >= 4 is 33.1 Å². The Bertz CT molecular complexity index is 724. The molecule has 0 aliphatic heterocycles. The molecule has 0 saturated carbocycles. The van der Waals surface area contributed by atoms with E-state index in [9.17, 15) is 9.59 Å². The molecule has 6 nitrogen and oxygen atoms in total. The van der Waals surface area contributed by atoms with Crippen molar-refractivity contribution in [3.8, 4) is 0 Å². The van der Waals surface area contributed by atoms with Gasteiger partial charge < -0.3 is 20.0 Å². The Morgan fingerprint density at radius 3 is 0.729 bits per heavy atom. The Hall–Kier alpha value is -0.341. The van der Waals surface area contributed by atoms with Crippen LogP contribution in [0.3, 0.4) is 0 Å². The molecule has 0 saturated heterocycles. The van der Waals surface area contributed by atoms with Crippen molar-refractivity contribution in [1.82, 2.24) is 9.80 Å². The molecule has 0 aliphatic rings. The number of carboxylic acid groups (broad SMARTS) is 2. The summed E-state index contributed by atoms with van der Waals surface area (Å²) in [5.74, 6) is -1.39. The van der Waals surface area contributed by atoms with E-state index in [-0.39, 0.29) is 34.0 Å². The van der Waals surface area contributed by atoms with Gasteiger partial charge in [-0.1, -0.05) is 206 Å². The van der Waals surface area contributed by atoms with Crippen LogP contribution in [0.5, 0.6) is 0 Å². The molecule has 354 valence electrons. The van der Waals surface area contributed by atoms with Crippen LogP contribution in [-0.2, 0) is 9.59 Å². The van der Waals surface area contributed by atoms with Crippen LogP contribution in [-0.4, -0.2) is 93.4 Å². The third kappa shape index (κ3) is 66.9. The number of carbonyl (C=O) groups is 2. The fourth-order valence-electron chi connectivity index (χ4n) is 7.38. The fraction of sp³-hybridized carbons (Fsp3) is 0.962. The molecule has 0 aromatic rings. The maximum atomic E-state index is 10.5. The molecule has 0 aromatic carbocycles. The molecule has 7 heteroatoms. The summed E-state index contributed by atoms with van der Waals surface area (Å²) in [7, 11) is 4.04. The van der Waals surface area contributed by atoms with Crippen LogP contribution in [0.15, 0.2) is 0 Å². The summed E-state index contributed by atoms with van der Waals surface area (Å²) < 4.78 is 3.25. The van der Waals surface area contributed by atoms with Gasteiger partial charge in [-0.25, -0.2) is 0 Å². The van der Waals surface area contributed by atoms with Crippen molar-refractivity contribution in [3.05, 3.63) is 0 Å². The molecule has 0 unspecified atom stereocenters. The third-order valence-electron chi connectivity index (χ3n) is 11.6. The molecular formula is C52H108N2O4Sn. The number of carboxylic acids is 2. The van der Waals surface area contributed by atoms with Crippen LogP contribution < -0.4 is 0 Å². The van der Waals surface area contributed by atoms with E-state index in [2.05, 4.69) is 37.5 Å². The van der Waals surface area contributed by atoms with Gasteiger partial charge in [0.1, 0.15) is 0 Å². The zero-order valence-corrected chi connectivity index (χ0v) is 44.1. The minimum absolute atomic E-state index is 0.149. The van der Waals surface area contributed by atoms with Gasteiger partial charge >= 0.3 is 81.5 Å². The Labute approximate surface area is 381 Å². The molecule has 0 aliphatic carbocycles. The van der Waals surface area contributed by atoms with E-state index in [1.54, 1.807) is 8.87 Å². The number of aliphatic carboxylic acids is 2. The van der Waals surface area contributed by atoms with E-state index in [1.807, 2.05) is 14.1 Å². The predicted octanol–water partition coefficient (Wildman–Crippen LogP) is 16.4.